The Labute approximate surface area is 187 Å². The van der Waals surface area contributed by atoms with Gasteiger partial charge in [0.15, 0.2) is 5.13 Å². The van der Waals surface area contributed by atoms with E-state index in [2.05, 4.69) is 18.7 Å². The maximum atomic E-state index is 13.6. The molecule has 0 spiro atoms. The first kappa shape index (κ1) is 22.8. The van der Waals surface area contributed by atoms with E-state index >= 15 is 0 Å². The number of carbonyl (C=O) groups is 1. The molecule has 0 atom stereocenters. The van der Waals surface area contributed by atoms with Gasteiger partial charge in [-0.15, -0.1) is 0 Å². The molecule has 3 rings (SSSR count). The van der Waals surface area contributed by atoms with Gasteiger partial charge in [-0.2, -0.15) is 0 Å². The number of benzene rings is 2. The Bertz CT molecular complexity index is 1010. The summed E-state index contributed by atoms with van der Waals surface area (Å²) in [6.45, 7) is 7.35. The zero-order valence-corrected chi connectivity index (χ0v) is 19.5. The molecule has 0 unspecified atom stereocenters. The van der Waals surface area contributed by atoms with Crippen LogP contribution in [0.5, 0.6) is 17.2 Å². The Balaban J connectivity index is 2.01. The molecular weight excluding hydrogens is 414 g/mol. The number of amides is 1. The molecule has 31 heavy (non-hydrogen) atoms. The van der Waals surface area contributed by atoms with Crippen molar-refractivity contribution in [3.8, 4) is 17.2 Å². The molecule has 2 aromatic carbocycles. The van der Waals surface area contributed by atoms with E-state index in [9.17, 15) is 4.79 Å². The van der Waals surface area contributed by atoms with Crippen molar-refractivity contribution in [1.82, 2.24) is 9.88 Å². The molecule has 0 aliphatic carbocycles. The van der Waals surface area contributed by atoms with Gasteiger partial charge >= 0.3 is 0 Å². The van der Waals surface area contributed by atoms with Crippen molar-refractivity contribution in [2.24, 2.45) is 0 Å². The smallest absolute Gasteiger partial charge is 0.260 e. The fraction of sp³-hybridized carbons (Fsp3) is 0.391. The Hall–Kier alpha value is -2.84. The highest BCUT2D eigenvalue weighted by Crippen LogP contribution is 2.33. The lowest BCUT2D eigenvalue weighted by molar-refractivity contribution is 0.0983. The van der Waals surface area contributed by atoms with Gasteiger partial charge in [-0.3, -0.25) is 9.69 Å². The second kappa shape index (κ2) is 10.5. The number of hydrogen-bond donors (Lipinski definition) is 0. The van der Waals surface area contributed by atoms with Gasteiger partial charge < -0.3 is 19.1 Å². The van der Waals surface area contributed by atoms with Gasteiger partial charge in [0.05, 0.1) is 31.5 Å². The molecule has 3 aromatic rings. The van der Waals surface area contributed by atoms with E-state index in [0.717, 1.165) is 35.6 Å². The van der Waals surface area contributed by atoms with Crippen LogP contribution in [-0.4, -0.2) is 63.3 Å². The quantitative estimate of drug-likeness (QED) is 0.465. The number of thiazole rings is 1. The molecule has 0 radical (unpaired) electrons. The van der Waals surface area contributed by atoms with E-state index < -0.39 is 0 Å². The average Bonchev–Trinajstić information content (AvgIpc) is 3.23. The third kappa shape index (κ3) is 5.26. The fourth-order valence-corrected chi connectivity index (χ4v) is 4.31. The van der Waals surface area contributed by atoms with E-state index in [4.69, 9.17) is 19.2 Å². The van der Waals surface area contributed by atoms with Gasteiger partial charge in [-0.1, -0.05) is 25.2 Å². The summed E-state index contributed by atoms with van der Waals surface area (Å²) in [5.41, 5.74) is 1.33. The molecule has 1 amide bonds. The molecule has 0 saturated carbocycles. The summed E-state index contributed by atoms with van der Waals surface area (Å²) in [5.74, 6) is 1.76. The molecule has 1 aromatic heterocycles. The first-order valence-corrected chi connectivity index (χ1v) is 11.1. The lowest BCUT2D eigenvalue weighted by Gasteiger charge is -2.25. The fourth-order valence-electron chi connectivity index (χ4n) is 3.29. The molecule has 0 bridgehead atoms. The topological polar surface area (TPSA) is 64.1 Å². The van der Waals surface area contributed by atoms with Crippen LogP contribution in [0.25, 0.3) is 10.2 Å². The van der Waals surface area contributed by atoms with E-state index in [-0.39, 0.29) is 5.91 Å². The first-order chi connectivity index (χ1) is 15.0. The highest BCUT2D eigenvalue weighted by Gasteiger charge is 2.23. The molecule has 1 heterocycles. The van der Waals surface area contributed by atoms with Gasteiger partial charge in [-0.25, -0.2) is 4.98 Å². The predicted octanol–water partition coefficient (Wildman–Crippen LogP) is 4.31. The summed E-state index contributed by atoms with van der Waals surface area (Å²) < 4.78 is 17.0. The summed E-state index contributed by atoms with van der Waals surface area (Å²) in [4.78, 5) is 22.4. The molecule has 166 valence electrons. The van der Waals surface area contributed by atoms with Crippen LogP contribution in [0.2, 0.25) is 0 Å². The lowest BCUT2D eigenvalue weighted by atomic mass is 10.1. The lowest BCUT2D eigenvalue weighted by Crippen LogP contribution is -2.38. The Morgan fingerprint density at radius 1 is 0.903 bits per heavy atom. The minimum absolute atomic E-state index is 0.143. The summed E-state index contributed by atoms with van der Waals surface area (Å²) in [7, 11) is 4.78. The number of fused-ring (bicyclic) bond motifs is 1. The van der Waals surface area contributed by atoms with Crippen LogP contribution in [0.3, 0.4) is 0 Å². The van der Waals surface area contributed by atoms with Crippen molar-refractivity contribution < 1.29 is 19.0 Å². The molecule has 0 fully saturated rings. The Kier molecular flexibility index (Phi) is 7.70. The van der Waals surface area contributed by atoms with Crippen LogP contribution in [-0.2, 0) is 0 Å². The third-order valence-electron chi connectivity index (χ3n) is 5.19. The summed E-state index contributed by atoms with van der Waals surface area (Å²) in [6, 6.07) is 10.9. The van der Waals surface area contributed by atoms with Crippen molar-refractivity contribution in [2.75, 3.05) is 52.4 Å². The molecular formula is C23H29N3O4S. The largest absolute Gasteiger partial charge is 0.497 e. The van der Waals surface area contributed by atoms with E-state index in [1.54, 1.807) is 44.4 Å². The summed E-state index contributed by atoms with van der Waals surface area (Å²) >= 11 is 1.48. The van der Waals surface area contributed by atoms with Crippen LogP contribution in [0.15, 0.2) is 36.4 Å². The van der Waals surface area contributed by atoms with Crippen molar-refractivity contribution in [2.45, 2.75) is 13.8 Å². The highest BCUT2D eigenvalue weighted by atomic mass is 32.1. The van der Waals surface area contributed by atoms with Crippen LogP contribution in [0.4, 0.5) is 5.13 Å². The van der Waals surface area contributed by atoms with E-state index in [0.29, 0.717) is 28.7 Å². The number of aromatic nitrogens is 1. The minimum atomic E-state index is -0.143. The monoisotopic (exact) mass is 443 g/mol. The number of hydrogen-bond acceptors (Lipinski definition) is 7. The first-order valence-electron chi connectivity index (χ1n) is 10.2. The summed E-state index contributed by atoms with van der Waals surface area (Å²) in [6.07, 6.45) is 0. The number of likely N-dealkylation sites (N-methyl/N-ethyl adjacent to an activating group) is 1. The average molecular weight is 444 g/mol. The number of carbonyl (C=O) groups excluding carboxylic acids is 1. The second-order valence-corrected chi connectivity index (χ2v) is 7.92. The van der Waals surface area contributed by atoms with Crippen molar-refractivity contribution >= 4 is 32.6 Å². The van der Waals surface area contributed by atoms with Crippen LogP contribution in [0, 0.1) is 0 Å². The number of rotatable bonds is 10. The zero-order chi connectivity index (χ0) is 22.4. The van der Waals surface area contributed by atoms with Crippen molar-refractivity contribution in [1.29, 1.82) is 0 Å². The van der Waals surface area contributed by atoms with E-state index in [1.807, 2.05) is 18.2 Å². The SMILES string of the molecule is CCN(CC)CCN(C(=O)c1cc(OC)cc(OC)c1)c1nc2ccc(OC)cc2s1. The number of methoxy groups -OCH3 is 3. The molecule has 8 heteroatoms. The second-order valence-electron chi connectivity index (χ2n) is 6.92. The molecule has 0 aliphatic rings. The molecule has 0 aliphatic heterocycles. The standard InChI is InChI=1S/C23H29N3O4S/c1-6-25(7-2)10-11-26(22(27)16-12-18(29-4)14-19(13-16)30-5)23-24-20-9-8-17(28-3)15-21(20)31-23/h8-9,12-15H,6-7,10-11H2,1-5H3. The summed E-state index contributed by atoms with van der Waals surface area (Å²) in [5, 5.41) is 0.655. The van der Waals surface area contributed by atoms with E-state index in [1.165, 1.54) is 11.3 Å². The third-order valence-corrected chi connectivity index (χ3v) is 6.23. The molecule has 0 N–H and O–H groups in total. The van der Waals surface area contributed by atoms with Gasteiger partial charge in [0.2, 0.25) is 0 Å². The van der Waals surface area contributed by atoms with Crippen LogP contribution >= 0.6 is 11.3 Å². The van der Waals surface area contributed by atoms with Crippen LogP contribution < -0.4 is 19.1 Å². The van der Waals surface area contributed by atoms with Crippen molar-refractivity contribution in [3.63, 3.8) is 0 Å². The van der Waals surface area contributed by atoms with Gasteiger partial charge in [-0.05, 0) is 43.4 Å². The van der Waals surface area contributed by atoms with Crippen LogP contribution in [0.1, 0.15) is 24.2 Å². The van der Waals surface area contributed by atoms with Gasteiger partial charge in [0.25, 0.3) is 5.91 Å². The number of nitrogens with zero attached hydrogens (tertiary/aromatic N) is 3. The van der Waals surface area contributed by atoms with Crippen molar-refractivity contribution in [3.05, 3.63) is 42.0 Å². The molecule has 7 nitrogen and oxygen atoms in total. The number of anilines is 1. The Morgan fingerprint density at radius 2 is 1.55 bits per heavy atom. The normalized spacial score (nSPS) is 11.0. The zero-order valence-electron chi connectivity index (χ0n) is 18.7. The minimum Gasteiger partial charge on any atom is -0.497 e. The van der Waals surface area contributed by atoms with Gasteiger partial charge in [0, 0.05) is 24.7 Å². The predicted molar refractivity (Wildman–Crippen MR) is 125 cm³/mol. The highest BCUT2D eigenvalue weighted by molar-refractivity contribution is 7.22. The maximum absolute atomic E-state index is 13.6. The molecule has 0 saturated heterocycles. The maximum Gasteiger partial charge on any atom is 0.260 e. The number of ether oxygens (including phenoxy) is 3. The Morgan fingerprint density at radius 3 is 2.13 bits per heavy atom. The van der Waals surface area contributed by atoms with Gasteiger partial charge in [0.1, 0.15) is 17.2 Å².